The molecule has 9 nitrogen and oxygen atoms in total. The van der Waals surface area contributed by atoms with Crippen LogP contribution in [0.2, 0.25) is 0 Å². The fraction of sp³-hybridized carbons (Fsp3) is 0.182. The van der Waals surface area contributed by atoms with Gasteiger partial charge in [0.05, 0.1) is 23.2 Å². The normalized spacial score (nSPS) is 18.0. The van der Waals surface area contributed by atoms with Crippen LogP contribution in [0.4, 0.5) is 0 Å². The van der Waals surface area contributed by atoms with Gasteiger partial charge < -0.3 is 20.1 Å². The summed E-state index contributed by atoms with van der Waals surface area (Å²) in [4.78, 5) is 56.7. The monoisotopic (exact) mass is 563 g/mol. The summed E-state index contributed by atoms with van der Waals surface area (Å²) in [6.07, 6.45) is 0.765. The molecular formula is C33H29N3O6. The van der Waals surface area contributed by atoms with Crippen LogP contribution in [-0.2, 0) is 22.3 Å². The molecule has 1 aliphatic rings. The lowest BCUT2D eigenvalue weighted by Gasteiger charge is -2.20. The van der Waals surface area contributed by atoms with Gasteiger partial charge >= 0.3 is 11.9 Å². The van der Waals surface area contributed by atoms with E-state index in [4.69, 9.17) is 9.47 Å². The highest BCUT2D eigenvalue weighted by atomic mass is 16.5. The number of amides is 2. The second kappa shape index (κ2) is 13.4. The lowest BCUT2D eigenvalue weighted by Crippen LogP contribution is -2.42. The fourth-order valence-corrected chi connectivity index (χ4v) is 4.60. The van der Waals surface area contributed by atoms with Crippen LogP contribution in [0.3, 0.4) is 0 Å². The summed E-state index contributed by atoms with van der Waals surface area (Å²) in [6, 6.07) is 28.3. The van der Waals surface area contributed by atoms with Crippen molar-refractivity contribution in [1.29, 1.82) is 0 Å². The number of fused-ring (bicyclic) bond motifs is 4. The Morgan fingerprint density at radius 1 is 0.571 bits per heavy atom. The standard InChI is InChI=1S/C33H29N3O6/c37-30-28-15-8-16-29(36-28)31(38)35-27(18-23-11-5-2-6-12-23)21-42-33(40)25-14-7-13-24(19-25)32(39)41-20-26(34-30)17-22-9-3-1-4-10-22/h1-16,19,26-27H,17-18,20-21H2,(H,34,37)(H,35,38)/t26-,27+. The number of pyridine rings is 1. The summed E-state index contributed by atoms with van der Waals surface area (Å²) in [5.41, 5.74) is 2.25. The largest absolute Gasteiger partial charge is 0.460 e. The van der Waals surface area contributed by atoms with Crippen LogP contribution in [0.25, 0.3) is 0 Å². The Bertz CT molecular complexity index is 1470. The van der Waals surface area contributed by atoms with E-state index >= 15 is 0 Å². The van der Waals surface area contributed by atoms with Crippen molar-refractivity contribution < 1.29 is 28.7 Å². The van der Waals surface area contributed by atoms with Crippen LogP contribution < -0.4 is 10.6 Å². The quantitative estimate of drug-likeness (QED) is 0.362. The van der Waals surface area contributed by atoms with Crippen LogP contribution in [0, 0.1) is 0 Å². The molecule has 3 aromatic carbocycles. The van der Waals surface area contributed by atoms with Gasteiger partial charge in [0.1, 0.15) is 24.6 Å². The van der Waals surface area contributed by atoms with Gasteiger partial charge in [-0.05, 0) is 54.3 Å². The third-order valence-electron chi connectivity index (χ3n) is 6.70. The molecule has 2 amide bonds. The SMILES string of the molecule is O=C1OC[C@H](Cc2ccccc2)NC(=O)c2cccc(n2)C(=O)N[C@H](Cc2ccccc2)COC(=O)c2cccc1c2. The Hall–Kier alpha value is -5.31. The number of aromatic nitrogens is 1. The van der Waals surface area contributed by atoms with Crippen molar-refractivity contribution in [3.05, 3.63) is 137 Å². The van der Waals surface area contributed by atoms with E-state index < -0.39 is 35.8 Å². The van der Waals surface area contributed by atoms with Crippen LogP contribution in [0.15, 0.2) is 103 Å². The van der Waals surface area contributed by atoms with E-state index in [9.17, 15) is 19.2 Å². The third kappa shape index (κ3) is 7.45. The molecule has 0 fully saturated rings. The summed E-state index contributed by atoms with van der Waals surface area (Å²) in [5, 5.41) is 5.77. The maximum Gasteiger partial charge on any atom is 0.338 e. The van der Waals surface area contributed by atoms with Gasteiger partial charge in [-0.15, -0.1) is 0 Å². The van der Waals surface area contributed by atoms with Gasteiger partial charge in [0.25, 0.3) is 11.8 Å². The van der Waals surface area contributed by atoms with Gasteiger partial charge in [0.15, 0.2) is 0 Å². The lowest BCUT2D eigenvalue weighted by molar-refractivity contribution is 0.0450. The minimum Gasteiger partial charge on any atom is -0.460 e. The highest BCUT2D eigenvalue weighted by Gasteiger charge is 2.23. The van der Waals surface area contributed by atoms with Crippen LogP contribution in [0.5, 0.6) is 0 Å². The molecule has 0 saturated carbocycles. The first kappa shape index (κ1) is 28.2. The Labute approximate surface area is 242 Å². The van der Waals surface area contributed by atoms with Crippen molar-refractivity contribution in [3.63, 3.8) is 0 Å². The number of rotatable bonds is 4. The van der Waals surface area contributed by atoms with E-state index in [1.54, 1.807) is 12.1 Å². The highest BCUT2D eigenvalue weighted by Crippen LogP contribution is 2.13. The lowest BCUT2D eigenvalue weighted by atomic mass is 10.1. The predicted octanol–water partition coefficient (Wildman–Crippen LogP) is 3.79. The molecular weight excluding hydrogens is 534 g/mol. The van der Waals surface area contributed by atoms with Crippen LogP contribution in [-0.4, -0.2) is 54.0 Å². The van der Waals surface area contributed by atoms with E-state index in [0.29, 0.717) is 12.8 Å². The number of carbonyl (C=O) groups excluding carboxylic acids is 4. The van der Waals surface area contributed by atoms with Crippen molar-refractivity contribution in [2.24, 2.45) is 0 Å². The molecule has 0 unspecified atom stereocenters. The molecule has 0 spiro atoms. The van der Waals surface area contributed by atoms with E-state index in [1.165, 1.54) is 30.3 Å². The number of esters is 2. The van der Waals surface area contributed by atoms with Crippen molar-refractivity contribution in [1.82, 2.24) is 15.6 Å². The second-order valence-electron chi connectivity index (χ2n) is 9.91. The molecule has 1 aliphatic heterocycles. The summed E-state index contributed by atoms with van der Waals surface area (Å²) in [5.74, 6) is -2.32. The average molecular weight is 564 g/mol. The molecule has 5 rings (SSSR count). The van der Waals surface area contributed by atoms with E-state index in [1.807, 2.05) is 60.7 Å². The molecule has 1 aromatic heterocycles. The summed E-state index contributed by atoms with van der Waals surface area (Å²) in [7, 11) is 0. The van der Waals surface area contributed by atoms with Gasteiger partial charge in [-0.1, -0.05) is 72.8 Å². The predicted molar refractivity (Wildman–Crippen MR) is 154 cm³/mol. The molecule has 4 aromatic rings. The van der Waals surface area contributed by atoms with Crippen molar-refractivity contribution in [3.8, 4) is 0 Å². The first-order valence-corrected chi connectivity index (χ1v) is 13.6. The average Bonchev–Trinajstić information content (AvgIpc) is 3.02. The first-order valence-electron chi connectivity index (χ1n) is 13.6. The Kier molecular flexibility index (Phi) is 8.98. The zero-order valence-corrected chi connectivity index (χ0v) is 22.7. The van der Waals surface area contributed by atoms with E-state index in [0.717, 1.165) is 11.1 Å². The van der Waals surface area contributed by atoms with Gasteiger partial charge in [0, 0.05) is 0 Å². The number of hydrogen-bond acceptors (Lipinski definition) is 7. The first-order chi connectivity index (χ1) is 20.4. The zero-order valence-electron chi connectivity index (χ0n) is 22.7. The molecule has 4 bridgehead atoms. The molecule has 2 N–H and O–H groups in total. The van der Waals surface area contributed by atoms with Gasteiger partial charge in [0.2, 0.25) is 0 Å². The summed E-state index contributed by atoms with van der Waals surface area (Å²) >= 11 is 0. The van der Waals surface area contributed by atoms with Crippen LogP contribution >= 0.6 is 0 Å². The maximum atomic E-state index is 13.2. The fourth-order valence-electron chi connectivity index (χ4n) is 4.60. The molecule has 212 valence electrons. The summed E-state index contributed by atoms with van der Waals surface area (Å²) < 4.78 is 11.1. The number of carbonyl (C=O) groups is 4. The Morgan fingerprint density at radius 2 is 1.00 bits per heavy atom. The van der Waals surface area contributed by atoms with E-state index in [-0.39, 0.29) is 35.7 Å². The van der Waals surface area contributed by atoms with Gasteiger partial charge in [-0.25, -0.2) is 14.6 Å². The second-order valence-corrected chi connectivity index (χ2v) is 9.91. The Balaban J connectivity index is 1.45. The number of cyclic esters (lactones) is 2. The van der Waals surface area contributed by atoms with Gasteiger partial charge in [-0.3, -0.25) is 9.59 Å². The maximum absolute atomic E-state index is 13.2. The van der Waals surface area contributed by atoms with Crippen molar-refractivity contribution in [2.75, 3.05) is 13.2 Å². The zero-order chi connectivity index (χ0) is 29.3. The number of hydrogen-bond donors (Lipinski definition) is 2. The van der Waals surface area contributed by atoms with Crippen molar-refractivity contribution >= 4 is 23.8 Å². The van der Waals surface area contributed by atoms with Crippen molar-refractivity contribution in [2.45, 2.75) is 24.9 Å². The third-order valence-corrected chi connectivity index (χ3v) is 6.70. The molecule has 0 radical (unpaired) electrons. The minimum atomic E-state index is -0.646. The van der Waals surface area contributed by atoms with E-state index in [2.05, 4.69) is 15.6 Å². The molecule has 42 heavy (non-hydrogen) atoms. The molecule has 2 heterocycles. The molecule has 9 heteroatoms. The molecule has 0 saturated heterocycles. The minimum absolute atomic E-state index is 0.0342. The Morgan fingerprint density at radius 3 is 1.45 bits per heavy atom. The number of benzene rings is 3. The van der Waals surface area contributed by atoms with Gasteiger partial charge in [-0.2, -0.15) is 0 Å². The number of nitrogens with zero attached hydrogens (tertiary/aromatic N) is 1. The summed E-state index contributed by atoms with van der Waals surface area (Å²) in [6.45, 7) is -0.259. The molecule has 0 aliphatic carbocycles. The number of nitrogens with one attached hydrogen (secondary N) is 2. The smallest absolute Gasteiger partial charge is 0.338 e. The number of ether oxygens (including phenoxy) is 2. The van der Waals surface area contributed by atoms with Crippen LogP contribution in [0.1, 0.15) is 52.8 Å². The molecule has 2 atom stereocenters. The highest BCUT2D eigenvalue weighted by molar-refractivity contribution is 5.97. The topological polar surface area (TPSA) is 124 Å².